The van der Waals surface area contributed by atoms with Crippen molar-refractivity contribution in [3.05, 3.63) is 17.8 Å². The smallest absolute Gasteiger partial charge is 0.271 e. The highest BCUT2D eigenvalue weighted by Gasteiger charge is 2.31. The van der Waals surface area contributed by atoms with Gasteiger partial charge in [0.25, 0.3) is 5.91 Å². The molecule has 0 atom stereocenters. The molecular formula is C14H13N3O5S. The van der Waals surface area contributed by atoms with Crippen LogP contribution in [0.5, 0.6) is 11.5 Å². The van der Waals surface area contributed by atoms with Gasteiger partial charge in [-0.2, -0.15) is 0 Å². The summed E-state index contributed by atoms with van der Waals surface area (Å²) in [6.07, 6.45) is 1.15. The van der Waals surface area contributed by atoms with Crippen molar-refractivity contribution in [2.45, 2.75) is 4.90 Å². The van der Waals surface area contributed by atoms with E-state index in [1.807, 2.05) is 0 Å². The number of nitrogens with zero attached hydrogens (tertiary/aromatic N) is 3. The first kappa shape index (κ1) is 15.2. The standard InChI is InChI=1S/C14H13N3O5S/c1-17(2)14(20)8-4-3-7-9(16-8)12(19)13-10(11(7)18)15-5-6-23(13,21)22/h3-5,18-19H,6H2,1-2H3. The van der Waals surface area contributed by atoms with Crippen LogP contribution in [0.1, 0.15) is 10.5 Å². The Balaban J connectivity index is 2.41. The predicted molar refractivity (Wildman–Crippen MR) is 83.3 cm³/mol. The Morgan fingerprint density at radius 2 is 1.91 bits per heavy atom. The molecule has 0 aliphatic carbocycles. The third-order valence-electron chi connectivity index (χ3n) is 3.48. The van der Waals surface area contributed by atoms with Crippen LogP contribution in [-0.4, -0.2) is 60.5 Å². The third kappa shape index (κ3) is 2.20. The topological polar surface area (TPSA) is 120 Å². The normalized spacial score (nSPS) is 15.4. The van der Waals surface area contributed by atoms with E-state index >= 15 is 0 Å². The molecule has 2 N–H and O–H groups in total. The van der Waals surface area contributed by atoms with Crippen molar-refractivity contribution < 1.29 is 23.4 Å². The molecule has 1 aromatic heterocycles. The van der Waals surface area contributed by atoms with Crippen molar-refractivity contribution in [2.24, 2.45) is 4.99 Å². The van der Waals surface area contributed by atoms with E-state index in [2.05, 4.69) is 9.98 Å². The maximum Gasteiger partial charge on any atom is 0.271 e. The van der Waals surface area contributed by atoms with Crippen LogP contribution in [-0.2, 0) is 9.84 Å². The van der Waals surface area contributed by atoms with Gasteiger partial charge in [0.05, 0.1) is 5.75 Å². The van der Waals surface area contributed by atoms with Crippen LogP contribution >= 0.6 is 0 Å². The number of fused-ring (bicyclic) bond motifs is 2. The molecule has 8 nitrogen and oxygen atoms in total. The summed E-state index contributed by atoms with van der Waals surface area (Å²) in [6.45, 7) is 0. The van der Waals surface area contributed by atoms with E-state index in [4.69, 9.17) is 0 Å². The average Bonchev–Trinajstić information content (AvgIpc) is 2.50. The van der Waals surface area contributed by atoms with Gasteiger partial charge in [-0.15, -0.1) is 0 Å². The van der Waals surface area contributed by atoms with Crippen LogP contribution in [0, 0.1) is 0 Å². The second-order valence-electron chi connectivity index (χ2n) is 5.26. The summed E-state index contributed by atoms with van der Waals surface area (Å²) >= 11 is 0. The van der Waals surface area contributed by atoms with Gasteiger partial charge >= 0.3 is 0 Å². The summed E-state index contributed by atoms with van der Waals surface area (Å²) in [7, 11) is -0.752. The predicted octanol–water partition coefficient (Wildman–Crippen LogP) is 0.837. The number of phenols is 2. The quantitative estimate of drug-likeness (QED) is 0.745. The van der Waals surface area contributed by atoms with Crippen molar-refractivity contribution in [2.75, 3.05) is 19.8 Å². The van der Waals surface area contributed by atoms with Crippen molar-refractivity contribution >= 4 is 38.5 Å². The summed E-state index contributed by atoms with van der Waals surface area (Å²) in [6, 6.07) is 2.78. The van der Waals surface area contributed by atoms with Crippen molar-refractivity contribution in [1.82, 2.24) is 9.88 Å². The van der Waals surface area contributed by atoms with Gasteiger partial charge in [-0.25, -0.2) is 13.4 Å². The Morgan fingerprint density at radius 3 is 2.57 bits per heavy atom. The Morgan fingerprint density at radius 1 is 1.22 bits per heavy atom. The average molecular weight is 335 g/mol. The maximum absolute atomic E-state index is 12.2. The van der Waals surface area contributed by atoms with Crippen LogP contribution in [0.25, 0.3) is 10.9 Å². The molecule has 1 amide bonds. The van der Waals surface area contributed by atoms with Gasteiger partial charge in [-0.1, -0.05) is 0 Å². The molecule has 120 valence electrons. The Kier molecular flexibility index (Phi) is 3.25. The number of aromatic hydroxyl groups is 2. The van der Waals surface area contributed by atoms with Gasteiger partial charge in [0, 0.05) is 25.7 Å². The van der Waals surface area contributed by atoms with E-state index in [9.17, 15) is 23.4 Å². The van der Waals surface area contributed by atoms with Crippen LogP contribution in [0.4, 0.5) is 5.69 Å². The number of hydrogen-bond donors (Lipinski definition) is 2. The molecule has 2 heterocycles. The lowest BCUT2D eigenvalue weighted by Gasteiger charge is -2.16. The SMILES string of the molecule is CN(C)C(=O)c1ccc2c(O)c3c(c(O)c2n1)S(=O)(=O)CC=N3. The molecule has 3 rings (SSSR count). The molecule has 0 fully saturated rings. The van der Waals surface area contributed by atoms with Crippen molar-refractivity contribution in [3.8, 4) is 11.5 Å². The number of phenolic OH excluding ortho intramolecular Hbond substituents is 2. The lowest BCUT2D eigenvalue weighted by atomic mass is 10.1. The summed E-state index contributed by atoms with van der Waals surface area (Å²) in [5.41, 5.74) is -0.349. The van der Waals surface area contributed by atoms with Crippen molar-refractivity contribution in [3.63, 3.8) is 0 Å². The minimum Gasteiger partial charge on any atom is -0.505 e. The van der Waals surface area contributed by atoms with E-state index in [1.165, 1.54) is 31.1 Å². The number of amides is 1. The number of aromatic nitrogens is 1. The molecule has 1 aliphatic heterocycles. The fourth-order valence-electron chi connectivity index (χ4n) is 2.36. The molecule has 1 aliphatic rings. The first-order chi connectivity index (χ1) is 10.7. The number of carbonyl (C=O) groups is 1. The largest absolute Gasteiger partial charge is 0.505 e. The van der Waals surface area contributed by atoms with Crippen LogP contribution < -0.4 is 0 Å². The van der Waals surface area contributed by atoms with E-state index < -0.39 is 32.1 Å². The molecule has 0 radical (unpaired) electrons. The maximum atomic E-state index is 12.2. The van der Waals surface area contributed by atoms with Gasteiger partial charge in [-0.3, -0.25) is 9.79 Å². The van der Waals surface area contributed by atoms with Gasteiger partial charge in [0.1, 0.15) is 21.8 Å². The number of rotatable bonds is 1. The molecular weight excluding hydrogens is 322 g/mol. The third-order valence-corrected chi connectivity index (χ3v) is 5.08. The second kappa shape index (κ2) is 4.92. The van der Waals surface area contributed by atoms with Gasteiger partial charge in [0.2, 0.25) is 0 Å². The Labute approximate surface area is 131 Å². The lowest BCUT2D eigenvalue weighted by Crippen LogP contribution is -2.22. The highest BCUT2D eigenvalue weighted by molar-refractivity contribution is 7.92. The summed E-state index contributed by atoms with van der Waals surface area (Å²) in [5.74, 6) is -1.81. The zero-order chi connectivity index (χ0) is 16.9. The van der Waals surface area contributed by atoms with Gasteiger partial charge < -0.3 is 15.1 Å². The number of hydrogen-bond acceptors (Lipinski definition) is 7. The fourth-order valence-corrected chi connectivity index (χ4v) is 3.63. The highest BCUT2D eigenvalue weighted by Crippen LogP contribution is 2.47. The Hall–Kier alpha value is -2.68. The van der Waals surface area contributed by atoms with Crippen molar-refractivity contribution in [1.29, 1.82) is 0 Å². The van der Waals surface area contributed by atoms with Crippen LogP contribution in [0.2, 0.25) is 0 Å². The second-order valence-corrected chi connectivity index (χ2v) is 7.23. The van der Waals surface area contributed by atoms with E-state index in [-0.39, 0.29) is 28.0 Å². The molecule has 0 spiro atoms. The first-order valence-corrected chi connectivity index (χ1v) is 8.25. The lowest BCUT2D eigenvalue weighted by molar-refractivity contribution is 0.0822. The Bertz CT molecular complexity index is 980. The summed E-state index contributed by atoms with van der Waals surface area (Å²) < 4.78 is 24.3. The fraction of sp³-hybridized carbons (Fsp3) is 0.214. The molecule has 2 aromatic rings. The number of sulfone groups is 1. The molecule has 0 saturated heterocycles. The molecule has 9 heteroatoms. The van der Waals surface area contributed by atoms with Crippen LogP contribution in [0.3, 0.4) is 0 Å². The first-order valence-electron chi connectivity index (χ1n) is 6.59. The van der Waals surface area contributed by atoms with Gasteiger partial charge in [0.15, 0.2) is 21.3 Å². The molecule has 1 aromatic carbocycles. The van der Waals surface area contributed by atoms with E-state index in [0.717, 1.165) is 6.21 Å². The monoisotopic (exact) mass is 335 g/mol. The molecule has 0 bridgehead atoms. The van der Waals surface area contributed by atoms with Gasteiger partial charge in [-0.05, 0) is 12.1 Å². The van der Waals surface area contributed by atoms with E-state index in [0.29, 0.717) is 0 Å². The molecule has 23 heavy (non-hydrogen) atoms. The molecule has 0 saturated carbocycles. The number of aliphatic imine (C=N–C) groups is 1. The number of pyridine rings is 1. The van der Waals surface area contributed by atoms with Crippen LogP contribution in [0.15, 0.2) is 22.0 Å². The number of benzene rings is 1. The zero-order valence-corrected chi connectivity index (χ0v) is 13.1. The minimum absolute atomic E-state index is 0.0221. The number of carbonyl (C=O) groups excluding carboxylic acids is 1. The molecule has 0 unspecified atom stereocenters. The summed E-state index contributed by atoms with van der Waals surface area (Å²) in [4.78, 5) is 20.7. The zero-order valence-electron chi connectivity index (χ0n) is 12.3. The van der Waals surface area contributed by atoms with E-state index in [1.54, 1.807) is 0 Å². The highest BCUT2D eigenvalue weighted by atomic mass is 32.2. The summed E-state index contributed by atoms with van der Waals surface area (Å²) in [5, 5.41) is 20.7. The minimum atomic E-state index is -3.83.